The molecule has 1 heterocycles. The van der Waals surface area contributed by atoms with Crippen LogP contribution >= 0.6 is 0 Å². The number of hydrogen-bond acceptors (Lipinski definition) is 1. The van der Waals surface area contributed by atoms with E-state index in [1.807, 2.05) is 59.2 Å². The highest BCUT2D eigenvalue weighted by molar-refractivity contribution is 5.87. The van der Waals surface area contributed by atoms with E-state index >= 15 is 0 Å². The summed E-state index contributed by atoms with van der Waals surface area (Å²) in [6.45, 7) is 0.497. The van der Waals surface area contributed by atoms with Crippen LogP contribution in [-0.4, -0.2) is 28.0 Å². The summed E-state index contributed by atoms with van der Waals surface area (Å²) in [7, 11) is 0. The topological polar surface area (TPSA) is 42.2 Å². The Bertz CT molecular complexity index is 951. The van der Waals surface area contributed by atoms with Crippen molar-refractivity contribution in [3.05, 3.63) is 71.4 Å². The molecule has 0 saturated heterocycles. The van der Waals surface area contributed by atoms with Gasteiger partial charge in [-0.2, -0.15) is 0 Å². The number of aromatic nitrogens is 1. The van der Waals surface area contributed by atoms with E-state index in [-0.39, 0.29) is 6.42 Å². The third-order valence-electron chi connectivity index (χ3n) is 5.18. The summed E-state index contributed by atoms with van der Waals surface area (Å²) in [6.07, 6.45) is -3.92. The van der Waals surface area contributed by atoms with Gasteiger partial charge in [0.1, 0.15) is 12.3 Å². The molecule has 0 amide bonds. The second-order valence-corrected chi connectivity index (χ2v) is 6.82. The number of aliphatic carboxylic acids is 1. The molecule has 5 heteroatoms. The zero-order chi connectivity index (χ0) is 18.3. The smallest absolute Gasteiger partial charge is 0.304 e. The first kappa shape index (κ1) is 16.8. The Morgan fingerprint density at radius 3 is 2.50 bits per heavy atom. The monoisotopic (exact) mass is 355 g/mol. The maximum absolute atomic E-state index is 14.7. The molecule has 3 unspecified atom stereocenters. The molecule has 4 rings (SSSR count). The molecule has 3 nitrogen and oxygen atoms in total. The van der Waals surface area contributed by atoms with Crippen LogP contribution < -0.4 is 0 Å². The Morgan fingerprint density at radius 2 is 1.77 bits per heavy atom. The van der Waals surface area contributed by atoms with Crippen LogP contribution in [0.15, 0.2) is 54.6 Å². The lowest BCUT2D eigenvalue weighted by Gasteiger charge is -2.30. The van der Waals surface area contributed by atoms with E-state index in [4.69, 9.17) is 0 Å². The van der Waals surface area contributed by atoms with Crippen molar-refractivity contribution in [2.75, 3.05) is 0 Å². The minimum Gasteiger partial charge on any atom is -0.481 e. The van der Waals surface area contributed by atoms with Crippen molar-refractivity contribution < 1.29 is 18.7 Å². The quantitative estimate of drug-likeness (QED) is 0.750. The standard InChI is InChI=1S/C21H19F2NO2/c22-17-10-15-14-8-4-5-9-18(14)24(12-13-6-2-1-3-7-13)21(15)16(20(17)23)11-19(25)26/h1-9,16-17,20H,10-12H2,(H,25,26). The summed E-state index contributed by atoms with van der Waals surface area (Å²) < 4.78 is 31.0. The van der Waals surface area contributed by atoms with Gasteiger partial charge in [0.25, 0.3) is 0 Å². The number of hydrogen-bond donors (Lipinski definition) is 1. The summed E-state index contributed by atoms with van der Waals surface area (Å²) in [6, 6.07) is 17.3. The number of para-hydroxylation sites is 1. The van der Waals surface area contributed by atoms with E-state index in [0.29, 0.717) is 12.2 Å². The van der Waals surface area contributed by atoms with Crippen LogP contribution in [0.25, 0.3) is 10.9 Å². The average Bonchev–Trinajstić information content (AvgIpc) is 2.93. The van der Waals surface area contributed by atoms with Gasteiger partial charge in [0.15, 0.2) is 0 Å². The molecule has 0 fully saturated rings. The van der Waals surface area contributed by atoms with Crippen LogP contribution in [0.1, 0.15) is 29.2 Å². The average molecular weight is 355 g/mol. The molecule has 1 aromatic heterocycles. The van der Waals surface area contributed by atoms with Crippen molar-refractivity contribution in [1.29, 1.82) is 0 Å². The highest BCUT2D eigenvalue weighted by atomic mass is 19.2. The normalized spacial score (nSPS) is 22.3. The Hall–Kier alpha value is -2.69. The lowest BCUT2D eigenvalue weighted by atomic mass is 9.82. The second kappa shape index (κ2) is 6.56. The van der Waals surface area contributed by atoms with E-state index in [0.717, 1.165) is 22.0 Å². The maximum Gasteiger partial charge on any atom is 0.304 e. The fraction of sp³-hybridized carbons (Fsp3) is 0.286. The number of halogens is 2. The first-order chi connectivity index (χ1) is 12.6. The van der Waals surface area contributed by atoms with Crippen LogP contribution in [0.2, 0.25) is 0 Å². The van der Waals surface area contributed by atoms with E-state index in [1.165, 1.54) is 0 Å². The number of nitrogens with zero attached hydrogens (tertiary/aromatic N) is 1. The minimum atomic E-state index is -1.81. The molecule has 0 saturated carbocycles. The van der Waals surface area contributed by atoms with Crippen molar-refractivity contribution >= 4 is 16.9 Å². The van der Waals surface area contributed by atoms with Crippen molar-refractivity contribution in [2.24, 2.45) is 0 Å². The molecule has 0 bridgehead atoms. The van der Waals surface area contributed by atoms with E-state index in [1.54, 1.807) is 0 Å². The number of carboxylic acids is 1. The predicted octanol–water partition coefficient (Wildman–Crippen LogP) is 4.48. The molecule has 3 atom stereocenters. The summed E-state index contributed by atoms with van der Waals surface area (Å²) in [4.78, 5) is 11.3. The lowest BCUT2D eigenvalue weighted by molar-refractivity contribution is -0.138. The SMILES string of the molecule is O=C(O)CC1c2c(c3ccccc3n2Cc2ccccc2)CC(F)C1F. The van der Waals surface area contributed by atoms with Gasteiger partial charge in [-0.3, -0.25) is 4.79 Å². The predicted molar refractivity (Wildman–Crippen MR) is 96.0 cm³/mol. The van der Waals surface area contributed by atoms with Gasteiger partial charge in [-0.1, -0.05) is 48.5 Å². The summed E-state index contributed by atoms with van der Waals surface area (Å²) in [5, 5.41) is 10.1. The van der Waals surface area contributed by atoms with E-state index in [9.17, 15) is 18.7 Å². The largest absolute Gasteiger partial charge is 0.481 e. The van der Waals surface area contributed by atoms with Gasteiger partial charge >= 0.3 is 5.97 Å². The number of carbonyl (C=O) groups is 1. The number of rotatable bonds is 4. The van der Waals surface area contributed by atoms with E-state index < -0.39 is 30.7 Å². The Morgan fingerprint density at radius 1 is 1.08 bits per heavy atom. The van der Waals surface area contributed by atoms with Gasteiger partial charge in [-0.25, -0.2) is 8.78 Å². The number of carboxylic acid groups (broad SMARTS) is 1. The summed E-state index contributed by atoms with van der Waals surface area (Å²) in [5.41, 5.74) is 3.28. The maximum atomic E-state index is 14.7. The third kappa shape index (κ3) is 2.77. The molecule has 1 aliphatic carbocycles. The number of alkyl halides is 2. The fourth-order valence-electron chi connectivity index (χ4n) is 4.08. The minimum absolute atomic E-state index is 0.0189. The highest BCUT2D eigenvalue weighted by Crippen LogP contribution is 2.43. The second-order valence-electron chi connectivity index (χ2n) is 6.82. The molecule has 0 radical (unpaired) electrons. The van der Waals surface area contributed by atoms with Gasteiger partial charge in [0.2, 0.25) is 0 Å². The van der Waals surface area contributed by atoms with Crippen LogP contribution in [0, 0.1) is 0 Å². The summed E-state index contributed by atoms with van der Waals surface area (Å²) in [5.74, 6) is -2.10. The zero-order valence-electron chi connectivity index (χ0n) is 14.1. The Balaban J connectivity index is 1.93. The molecular formula is C21H19F2NO2. The zero-order valence-corrected chi connectivity index (χ0v) is 14.1. The number of fused-ring (bicyclic) bond motifs is 3. The van der Waals surface area contributed by atoms with Crippen LogP contribution in [0.4, 0.5) is 8.78 Å². The molecule has 1 N–H and O–H groups in total. The molecule has 26 heavy (non-hydrogen) atoms. The molecule has 2 aromatic carbocycles. The molecule has 134 valence electrons. The van der Waals surface area contributed by atoms with Gasteiger partial charge in [-0.15, -0.1) is 0 Å². The van der Waals surface area contributed by atoms with E-state index in [2.05, 4.69) is 0 Å². The highest BCUT2D eigenvalue weighted by Gasteiger charge is 2.41. The summed E-state index contributed by atoms with van der Waals surface area (Å²) >= 11 is 0. The third-order valence-corrected chi connectivity index (χ3v) is 5.18. The van der Waals surface area contributed by atoms with Gasteiger partial charge < -0.3 is 9.67 Å². The van der Waals surface area contributed by atoms with Crippen LogP contribution in [0.3, 0.4) is 0 Å². The molecule has 1 aliphatic rings. The molecule has 0 aliphatic heterocycles. The van der Waals surface area contributed by atoms with Crippen LogP contribution in [0.5, 0.6) is 0 Å². The lowest BCUT2D eigenvalue weighted by Crippen LogP contribution is -2.35. The van der Waals surface area contributed by atoms with Crippen molar-refractivity contribution in [1.82, 2.24) is 4.57 Å². The van der Waals surface area contributed by atoms with Crippen molar-refractivity contribution in [2.45, 2.75) is 37.6 Å². The van der Waals surface area contributed by atoms with Crippen molar-refractivity contribution in [3.63, 3.8) is 0 Å². The molecular weight excluding hydrogens is 336 g/mol. The van der Waals surface area contributed by atoms with Gasteiger partial charge in [-0.05, 0) is 17.2 Å². The molecule has 0 spiro atoms. The Kier molecular flexibility index (Phi) is 4.23. The van der Waals surface area contributed by atoms with Gasteiger partial charge in [0, 0.05) is 35.5 Å². The fourth-order valence-corrected chi connectivity index (χ4v) is 4.08. The van der Waals surface area contributed by atoms with Gasteiger partial charge in [0.05, 0.1) is 6.42 Å². The number of benzene rings is 2. The molecule has 3 aromatic rings. The first-order valence-electron chi connectivity index (χ1n) is 8.70. The van der Waals surface area contributed by atoms with Crippen LogP contribution in [-0.2, 0) is 17.8 Å². The Labute approximate surface area is 149 Å². The van der Waals surface area contributed by atoms with Crippen molar-refractivity contribution in [3.8, 4) is 0 Å². The first-order valence-corrected chi connectivity index (χ1v) is 8.70.